The molecule has 23 heavy (non-hydrogen) atoms. The number of amides is 1. The first-order valence-electron chi connectivity index (χ1n) is 7.53. The first kappa shape index (κ1) is 16.9. The van der Waals surface area contributed by atoms with Crippen LogP contribution in [0.25, 0.3) is 0 Å². The minimum absolute atomic E-state index is 0.116. The van der Waals surface area contributed by atoms with E-state index >= 15 is 0 Å². The average molecular weight is 319 g/mol. The Bertz CT molecular complexity index is 629. The van der Waals surface area contributed by atoms with Crippen molar-refractivity contribution in [2.45, 2.75) is 19.3 Å². The van der Waals surface area contributed by atoms with Crippen molar-refractivity contribution >= 4 is 5.91 Å². The molecule has 3 nitrogen and oxygen atoms in total. The van der Waals surface area contributed by atoms with E-state index in [0.717, 1.165) is 0 Å². The first-order chi connectivity index (χ1) is 11.1. The molecule has 0 unspecified atom stereocenters. The van der Waals surface area contributed by atoms with Gasteiger partial charge in [-0.2, -0.15) is 0 Å². The molecule has 0 aromatic heterocycles. The molecular formula is C18H19F2NO2. The summed E-state index contributed by atoms with van der Waals surface area (Å²) in [6, 6.07) is 12.2. The molecule has 1 N–H and O–H groups in total. The molecular weight excluding hydrogens is 300 g/mol. The molecule has 0 heterocycles. The molecule has 0 fully saturated rings. The van der Waals surface area contributed by atoms with Crippen LogP contribution in [0.1, 0.15) is 18.4 Å². The van der Waals surface area contributed by atoms with Crippen molar-refractivity contribution < 1.29 is 18.3 Å². The van der Waals surface area contributed by atoms with Crippen molar-refractivity contribution in [3.8, 4) is 5.75 Å². The van der Waals surface area contributed by atoms with E-state index in [9.17, 15) is 13.6 Å². The molecule has 0 aliphatic carbocycles. The molecule has 122 valence electrons. The van der Waals surface area contributed by atoms with Crippen LogP contribution in [0.2, 0.25) is 0 Å². The number of aryl methyl sites for hydroxylation is 1. The van der Waals surface area contributed by atoms with Gasteiger partial charge < -0.3 is 10.1 Å². The minimum Gasteiger partial charge on any atom is -0.494 e. The van der Waals surface area contributed by atoms with Gasteiger partial charge in [0.25, 0.3) is 0 Å². The Balaban J connectivity index is 1.58. The van der Waals surface area contributed by atoms with Gasteiger partial charge in [0.2, 0.25) is 5.91 Å². The summed E-state index contributed by atoms with van der Waals surface area (Å²) < 4.78 is 31.5. The lowest BCUT2D eigenvalue weighted by Crippen LogP contribution is -2.25. The van der Waals surface area contributed by atoms with Gasteiger partial charge >= 0.3 is 0 Å². The third-order valence-corrected chi connectivity index (χ3v) is 3.30. The van der Waals surface area contributed by atoms with Crippen molar-refractivity contribution in [1.29, 1.82) is 0 Å². The van der Waals surface area contributed by atoms with E-state index < -0.39 is 0 Å². The van der Waals surface area contributed by atoms with Crippen LogP contribution in [0.5, 0.6) is 5.75 Å². The smallest absolute Gasteiger partial charge is 0.220 e. The molecule has 2 aromatic rings. The van der Waals surface area contributed by atoms with Crippen LogP contribution in [0, 0.1) is 11.6 Å². The summed E-state index contributed by atoms with van der Waals surface area (Å²) in [5.74, 6) is -0.111. The van der Waals surface area contributed by atoms with Gasteiger partial charge in [0.1, 0.15) is 17.4 Å². The number of carbonyl (C=O) groups excluding carboxylic acids is 1. The molecule has 0 bridgehead atoms. The highest BCUT2D eigenvalue weighted by Gasteiger charge is 2.05. The van der Waals surface area contributed by atoms with Crippen molar-refractivity contribution in [1.82, 2.24) is 5.32 Å². The van der Waals surface area contributed by atoms with E-state index in [0.29, 0.717) is 37.3 Å². The molecule has 0 atom stereocenters. The van der Waals surface area contributed by atoms with Gasteiger partial charge in [0.05, 0.1) is 6.61 Å². The number of rotatable bonds is 8. The van der Waals surface area contributed by atoms with E-state index in [4.69, 9.17) is 4.74 Å². The van der Waals surface area contributed by atoms with Gasteiger partial charge in [-0.1, -0.05) is 18.2 Å². The molecule has 0 radical (unpaired) electrons. The van der Waals surface area contributed by atoms with Crippen molar-refractivity contribution in [2.24, 2.45) is 0 Å². The highest BCUT2D eigenvalue weighted by Crippen LogP contribution is 2.11. The normalized spacial score (nSPS) is 10.3. The largest absolute Gasteiger partial charge is 0.494 e. The third-order valence-electron chi connectivity index (χ3n) is 3.30. The summed E-state index contributed by atoms with van der Waals surface area (Å²) in [6.07, 6.45) is 1.27. The SMILES string of the molecule is O=C(CCc1ccccc1F)NCCCOc1ccc(F)cc1. The lowest BCUT2D eigenvalue weighted by Gasteiger charge is -2.08. The van der Waals surface area contributed by atoms with Crippen LogP contribution in [0.15, 0.2) is 48.5 Å². The molecule has 1 amide bonds. The van der Waals surface area contributed by atoms with E-state index in [-0.39, 0.29) is 24.0 Å². The molecule has 0 spiro atoms. The van der Waals surface area contributed by atoms with Crippen LogP contribution in [0.3, 0.4) is 0 Å². The van der Waals surface area contributed by atoms with E-state index in [2.05, 4.69) is 5.32 Å². The summed E-state index contributed by atoms with van der Waals surface area (Å²) >= 11 is 0. The standard InChI is InChI=1S/C18H19F2NO2/c19-15-7-9-16(10-8-15)23-13-3-12-21-18(22)11-6-14-4-1-2-5-17(14)20/h1-2,4-5,7-10H,3,6,11-13H2,(H,21,22). The average Bonchev–Trinajstić information content (AvgIpc) is 2.55. The zero-order valence-electron chi connectivity index (χ0n) is 12.7. The summed E-state index contributed by atoms with van der Waals surface area (Å²) in [6.45, 7) is 0.913. The Hall–Kier alpha value is -2.43. The highest BCUT2D eigenvalue weighted by atomic mass is 19.1. The van der Waals surface area contributed by atoms with Gasteiger partial charge in [-0.15, -0.1) is 0 Å². The maximum absolute atomic E-state index is 13.4. The predicted molar refractivity (Wildman–Crippen MR) is 84.2 cm³/mol. The van der Waals surface area contributed by atoms with E-state index in [1.165, 1.54) is 18.2 Å². The lowest BCUT2D eigenvalue weighted by atomic mass is 10.1. The second-order valence-electron chi connectivity index (χ2n) is 5.10. The maximum atomic E-state index is 13.4. The molecule has 2 aromatic carbocycles. The topological polar surface area (TPSA) is 38.3 Å². The van der Waals surface area contributed by atoms with Crippen LogP contribution in [0.4, 0.5) is 8.78 Å². The zero-order valence-corrected chi connectivity index (χ0v) is 12.7. The Morgan fingerprint density at radius 1 is 1.04 bits per heavy atom. The van der Waals surface area contributed by atoms with Crippen molar-refractivity contribution in [2.75, 3.05) is 13.2 Å². The van der Waals surface area contributed by atoms with Crippen LogP contribution in [-0.2, 0) is 11.2 Å². The number of halogens is 2. The Labute approximate surface area is 134 Å². The molecule has 0 saturated heterocycles. The van der Waals surface area contributed by atoms with Crippen molar-refractivity contribution in [3.63, 3.8) is 0 Å². The van der Waals surface area contributed by atoms with Gasteiger partial charge in [-0.3, -0.25) is 4.79 Å². The highest BCUT2D eigenvalue weighted by molar-refractivity contribution is 5.76. The van der Waals surface area contributed by atoms with Gasteiger partial charge in [-0.25, -0.2) is 8.78 Å². The number of ether oxygens (including phenoxy) is 1. The van der Waals surface area contributed by atoms with Crippen LogP contribution >= 0.6 is 0 Å². The number of carbonyl (C=O) groups is 1. The fraction of sp³-hybridized carbons (Fsp3) is 0.278. The quantitative estimate of drug-likeness (QED) is 0.757. The maximum Gasteiger partial charge on any atom is 0.220 e. The first-order valence-corrected chi connectivity index (χ1v) is 7.53. The molecule has 2 rings (SSSR count). The van der Waals surface area contributed by atoms with Gasteiger partial charge in [-0.05, 0) is 48.7 Å². The van der Waals surface area contributed by atoms with Crippen LogP contribution in [-0.4, -0.2) is 19.1 Å². The summed E-state index contributed by atoms with van der Waals surface area (Å²) in [4.78, 5) is 11.7. The monoisotopic (exact) mass is 319 g/mol. The number of benzene rings is 2. The Morgan fingerprint density at radius 3 is 2.52 bits per heavy atom. The number of hydrogen-bond donors (Lipinski definition) is 1. The summed E-state index contributed by atoms with van der Waals surface area (Å²) in [7, 11) is 0. The fourth-order valence-corrected chi connectivity index (χ4v) is 2.06. The van der Waals surface area contributed by atoms with Gasteiger partial charge in [0, 0.05) is 13.0 Å². The molecule has 0 aliphatic rings. The second kappa shape index (κ2) is 8.88. The van der Waals surface area contributed by atoms with Crippen LogP contribution < -0.4 is 10.1 Å². The zero-order chi connectivity index (χ0) is 16.5. The Kier molecular flexibility index (Phi) is 6.54. The Morgan fingerprint density at radius 2 is 1.78 bits per heavy atom. The summed E-state index contributed by atoms with van der Waals surface area (Å²) in [5.41, 5.74) is 0.544. The van der Waals surface area contributed by atoms with E-state index in [1.807, 2.05) is 0 Å². The molecule has 0 aliphatic heterocycles. The minimum atomic E-state index is -0.306. The fourth-order valence-electron chi connectivity index (χ4n) is 2.06. The van der Waals surface area contributed by atoms with Crippen molar-refractivity contribution in [3.05, 3.63) is 65.7 Å². The predicted octanol–water partition coefficient (Wildman–Crippen LogP) is 3.48. The number of hydrogen-bond acceptors (Lipinski definition) is 2. The molecule has 5 heteroatoms. The summed E-state index contributed by atoms with van der Waals surface area (Å²) in [5, 5.41) is 2.77. The van der Waals surface area contributed by atoms with E-state index in [1.54, 1.807) is 30.3 Å². The lowest BCUT2D eigenvalue weighted by molar-refractivity contribution is -0.121. The van der Waals surface area contributed by atoms with Gasteiger partial charge in [0.15, 0.2) is 0 Å². The third kappa shape index (κ3) is 6.06. The second-order valence-corrected chi connectivity index (χ2v) is 5.10. The molecule has 0 saturated carbocycles. The number of nitrogens with one attached hydrogen (secondary N) is 1.